The van der Waals surface area contributed by atoms with Crippen LogP contribution in [0.25, 0.3) is 16.6 Å². The summed E-state index contributed by atoms with van der Waals surface area (Å²) in [4.78, 5) is 5.59. The molecule has 0 amide bonds. The molecule has 0 saturated carbocycles. The maximum Gasteiger partial charge on any atom is 0.211 e. The topological polar surface area (TPSA) is 89.6 Å². The number of nitrogens with zero attached hydrogens (tertiary/aromatic N) is 3. The average molecular weight is 387 g/mol. The molecule has 0 aliphatic heterocycles. The quantitative estimate of drug-likeness (QED) is 0.366. The number of benzene rings is 1. The maximum atomic E-state index is 5.30. The Morgan fingerprint density at radius 2 is 1.95 bits per heavy atom. The van der Waals surface area contributed by atoms with Crippen molar-refractivity contribution in [3.8, 4) is 10.6 Å². The van der Waals surface area contributed by atoms with Crippen LogP contribution in [0.4, 0.5) is 0 Å². The largest absolute Gasteiger partial charge is 0.369 e. The predicted octanol–water partition coefficient (Wildman–Crippen LogP) is 2.64. The second-order valence-electron chi connectivity index (χ2n) is 4.23. The molecule has 0 spiro atoms. The Labute approximate surface area is 159 Å². The SMILES string of the molecule is C/C=C/c1nc(-c2cc[c-]cc2)sc1/C(C)=N/N=C(N)N.[Y]. The van der Waals surface area contributed by atoms with Gasteiger partial charge in [0, 0.05) is 32.7 Å². The van der Waals surface area contributed by atoms with Crippen molar-refractivity contribution in [2.75, 3.05) is 0 Å². The molecule has 2 aromatic rings. The Balaban J connectivity index is 0.00000242. The van der Waals surface area contributed by atoms with Crippen molar-refractivity contribution in [3.05, 3.63) is 47.0 Å². The average Bonchev–Trinajstić information content (AvgIpc) is 2.90. The third kappa shape index (κ3) is 4.83. The molecule has 111 valence electrons. The van der Waals surface area contributed by atoms with Crippen LogP contribution in [-0.2, 0) is 32.7 Å². The Morgan fingerprint density at radius 1 is 1.27 bits per heavy atom. The summed E-state index contributed by atoms with van der Waals surface area (Å²) in [5, 5.41) is 8.65. The minimum absolute atomic E-state index is 0. The van der Waals surface area contributed by atoms with Crippen LogP contribution in [0.15, 0.2) is 40.5 Å². The van der Waals surface area contributed by atoms with Gasteiger partial charge in [0.1, 0.15) is 0 Å². The van der Waals surface area contributed by atoms with Crippen LogP contribution in [0.5, 0.6) is 0 Å². The fourth-order valence-corrected chi connectivity index (χ4v) is 2.69. The molecule has 0 atom stereocenters. The summed E-state index contributed by atoms with van der Waals surface area (Å²) in [5.74, 6) is -0.0646. The zero-order valence-corrected chi connectivity index (χ0v) is 16.1. The minimum Gasteiger partial charge on any atom is -0.369 e. The molecule has 0 aliphatic rings. The zero-order valence-electron chi connectivity index (χ0n) is 12.4. The molecule has 1 radical (unpaired) electrons. The fourth-order valence-electron chi connectivity index (χ4n) is 1.69. The van der Waals surface area contributed by atoms with Crippen LogP contribution in [0, 0.1) is 6.07 Å². The first kappa shape index (κ1) is 18.7. The molecule has 5 nitrogen and oxygen atoms in total. The van der Waals surface area contributed by atoms with Crippen molar-refractivity contribution in [1.82, 2.24) is 4.98 Å². The van der Waals surface area contributed by atoms with Crippen LogP contribution >= 0.6 is 11.3 Å². The first-order valence-corrected chi connectivity index (χ1v) is 7.17. The third-order valence-electron chi connectivity index (χ3n) is 2.59. The Morgan fingerprint density at radius 3 is 2.55 bits per heavy atom. The molecule has 1 aromatic heterocycles. The second-order valence-corrected chi connectivity index (χ2v) is 5.23. The van der Waals surface area contributed by atoms with E-state index in [4.69, 9.17) is 11.5 Å². The number of thiazole rings is 1. The maximum absolute atomic E-state index is 5.30. The van der Waals surface area contributed by atoms with Gasteiger partial charge in [0.25, 0.3) is 0 Å². The van der Waals surface area contributed by atoms with Crippen molar-refractivity contribution in [2.24, 2.45) is 21.7 Å². The van der Waals surface area contributed by atoms with E-state index < -0.39 is 0 Å². The third-order valence-corrected chi connectivity index (χ3v) is 3.82. The number of hydrogen-bond donors (Lipinski definition) is 2. The molecule has 4 N–H and O–H groups in total. The molecule has 1 heterocycles. The summed E-state index contributed by atoms with van der Waals surface area (Å²) in [6.07, 6.45) is 3.88. The zero-order chi connectivity index (χ0) is 15.2. The summed E-state index contributed by atoms with van der Waals surface area (Å²) in [5.41, 5.74) is 13.2. The number of allylic oxidation sites excluding steroid dienone is 1. The van der Waals surface area contributed by atoms with E-state index >= 15 is 0 Å². The molecular weight excluding hydrogens is 371 g/mol. The molecule has 7 heteroatoms. The number of aromatic nitrogens is 1. The van der Waals surface area contributed by atoms with Crippen LogP contribution < -0.4 is 11.5 Å². The first-order chi connectivity index (χ1) is 10.1. The first-order valence-electron chi connectivity index (χ1n) is 6.35. The molecule has 0 saturated heterocycles. The molecule has 22 heavy (non-hydrogen) atoms. The summed E-state index contributed by atoms with van der Waals surface area (Å²) < 4.78 is 0. The van der Waals surface area contributed by atoms with Gasteiger partial charge in [-0.25, -0.2) is 4.98 Å². The molecule has 0 fully saturated rings. The molecule has 1 aromatic carbocycles. The van der Waals surface area contributed by atoms with Crippen molar-refractivity contribution >= 4 is 29.1 Å². The van der Waals surface area contributed by atoms with E-state index in [1.807, 2.05) is 50.3 Å². The van der Waals surface area contributed by atoms with Gasteiger partial charge in [-0.1, -0.05) is 11.6 Å². The second kappa shape index (κ2) is 8.93. The van der Waals surface area contributed by atoms with Gasteiger partial charge in [-0.3, -0.25) is 0 Å². The Kier molecular flexibility index (Phi) is 7.58. The standard InChI is InChI=1S/C15H16N5S.Y/c1-3-7-12-13(10(2)19-20-15(16)17)21-14(18-12)11-8-5-4-6-9-11;/h3,5-9H,1-2H3,(H4,16,17,20);/q-1;/b7-3+,19-10+;. The van der Waals surface area contributed by atoms with Gasteiger partial charge in [0.15, 0.2) is 0 Å². The van der Waals surface area contributed by atoms with Crippen molar-refractivity contribution in [1.29, 1.82) is 0 Å². The van der Waals surface area contributed by atoms with Crippen LogP contribution in [0.2, 0.25) is 0 Å². The van der Waals surface area contributed by atoms with E-state index in [0.717, 1.165) is 26.9 Å². The Hall–Kier alpha value is -1.37. The van der Waals surface area contributed by atoms with E-state index in [9.17, 15) is 0 Å². The summed E-state index contributed by atoms with van der Waals surface area (Å²) in [7, 11) is 0. The normalized spacial score (nSPS) is 11.3. The minimum atomic E-state index is -0.0646. The van der Waals surface area contributed by atoms with E-state index in [2.05, 4.69) is 21.3 Å². The van der Waals surface area contributed by atoms with Gasteiger partial charge in [-0.15, -0.1) is 16.4 Å². The van der Waals surface area contributed by atoms with Crippen LogP contribution in [0.3, 0.4) is 0 Å². The molecule has 0 unspecified atom stereocenters. The van der Waals surface area contributed by atoms with Gasteiger partial charge in [-0.2, -0.15) is 35.4 Å². The van der Waals surface area contributed by atoms with Crippen LogP contribution in [-0.4, -0.2) is 16.7 Å². The summed E-state index contributed by atoms with van der Waals surface area (Å²) in [6, 6.07) is 10.7. The summed E-state index contributed by atoms with van der Waals surface area (Å²) >= 11 is 1.55. The van der Waals surface area contributed by atoms with Gasteiger partial charge in [0.05, 0.1) is 21.3 Å². The van der Waals surface area contributed by atoms with E-state index in [0.29, 0.717) is 0 Å². The number of nitrogens with two attached hydrogens (primary N) is 2. The summed E-state index contributed by atoms with van der Waals surface area (Å²) in [6.45, 7) is 3.80. The number of hydrogen-bond acceptors (Lipinski definition) is 4. The molecule has 2 rings (SSSR count). The number of guanidine groups is 1. The van der Waals surface area contributed by atoms with Crippen molar-refractivity contribution in [3.63, 3.8) is 0 Å². The van der Waals surface area contributed by atoms with Crippen molar-refractivity contribution in [2.45, 2.75) is 13.8 Å². The van der Waals surface area contributed by atoms with Gasteiger partial charge in [-0.05, 0) is 19.9 Å². The Bertz CT molecular complexity index is 700. The van der Waals surface area contributed by atoms with E-state index in [-0.39, 0.29) is 38.7 Å². The van der Waals surface area contributed by atoms with E-state index in [1.165, 1.54) is 0 Å². The monoisotopic (exact) mass is 387 g/mol. The molecular formula is C15H16N5SY-. The van der Waals surface area contributed by atoms with Gasteiger partial charge in [0.2, 0.25) is 5.96 Å². The molecule has 0 aliphatic carbocycles. The smallest absolute Gasteiger partial charge is 0.211 e. The van der Waals surface area contributed by atoms with E-state index in [1.54, 1.807) is 11.3 Å². The molecule has 0 bridgehead atoms. The van der Waals surface area contributed by atoms with Crippen LogP contribution in [0.1, 0.15) is 24.4 Å². The predicted molar refractivity (Wildman–Crippen MR) is 89.1 cm³/mol. The van der Waals surface area contributed by atoms with Gasteiger partial charge >= 0.3 is 0 Å². The fraction of sp³-hybridized carbons (Fsp3) is 0.133. The number of rotatable bonds is 4. The van der Waals surface area contributed by atoms with Crippen molar-refractivity contribution < 1.29 is 32.7 Å². The van der Waals surface area contributed by atoms with Gasteiger partial charge < -0.3 is 11.5 Å².